The lowest BCUT2D eigenvalue weighted by Crippen LogP contribution is -2.62. The number of nitro groups is 1. The van der Waals surface area contributed by atoms with Gasteiger partial charge in [0.25, 0.3) is 10.6 Å². The zero-order chi connectivity index (χ0) is 82.8. The maximum Gasteiger partial charge on any atom is 0.325 e. The molecule has 0 bridgehead atoms. The fourth-order valence-electron chi connectivity index (χ4n) is 12.6. The molecule has 2 saturated heterocycles. The second-order valence-electron chi connectivity index (χ2n) is 28.1. The monoisotopic (exact) mass is 1630 g/mol. The molecule has 2 fully saturated rings. The number of nitro benzene ring substituents is 1. The third-order valence-electron chi connectivity index (χ3n) is 18.7. The number of guanidine groups is 1. The third kappa shape index (κ3) is 35.1. The van der Waals surface area contributed by atoms with Gasteiger partial charge in [0, 0.05) is 80.8 Å². The molecule has 0 radical (unpaired) electrons. The van der Waals surface area contributed by atoms with Gasteiger partial charge in [-0.15, -0.1) is 0 Å². The molecule has 630 valence electrons. The first-order chi connectivity index (χ1) is 54.1. The Morgan fingerprint density at radius 2 is 1.27 bits per heavy atom. The van der Waals surface area contributed by atoms with E-state index in [0.29, 0.717) is 42.5 Å². The zero-order valence-electron chi connectivity index (χ0n) is 65.1. The maximum atomic E-state index is 14.9. The van der Waals surface area contributed by atoms with Crippen LogP contribution in [0.25, 0.3) is 5.57 Å². The summed E-state index contributed by atoms with van der Waals surface area (Å²) in [5.41, 5.74) is 19.4. The lowest BCUT2D eigenvalue weighted by atomic mass is 9.81. The molecule has 0 saturated carbocycles. The number of thioether (sulfide) groups is 2. The summed E-state index contributed by atoms with van der Waals surface area (Å²) in [4.78, 5) is 158. The predicted octanol–water partition coefficient (Wildman–Crippen LogP) is -0.189. The fraction of sp³-hybridized carbons (Fsp3) is 0.658. The zero-order valence-corrected chi connectivity index (χ0v) is 66.7. The number of hydrogen-bond donors (Lipinski definition) is 19. The number of nitrogens with zero attached hydrogens (tertiary/aromatic N) is 2. The van der Waals surface area contributed by atoms with Crippen molar-refractivity contribution in [3.63, 3.8) is 0 Å². The lowest BCUT2D eigenvalue weighted by Gasteiger charge is -2.30. The summed E-state index contributed by atoms with van der Waals surface area (Å²) in [5, 5.41) is 76.0. The van der Waals surface area contributed by atoms with Crippen LogP contribution in [0.5, 0.6) is 0 Å². The first kappa shape index (κ1) is 94.6. The van der Waals surface area contributed by atoms with E-state index in [0.717, 1.165) is 60.8 Å². The van der Waals surface area contributed by atoms with Crippen molar-refractivity contribution in [2.24, 2.45) is 29.0 Å². The number of carbonyl (C=O) groups excluding carboxylic acids is 10. The molecular formula is C73H118N19O19S2+. The van der Waals surface area contributed by atoms with Crippen molar-refractivity contribution in [2.75, 3.05) is 115 Å². The van der Waals surface area contributed by atoms with Crippen molar-refractivity contribution in [1.82, 2.24) is 63.8 Å². The predicted molar refractivity (Wildman–Crippen MR) is 425 cm³/mol. The van der Waals surface area contributed by atoms with Crippen LogP contribution in [-0.2, 0) is 68.5 Å². The Kier molecular flexibility index (Phi) is 43.2. The molecule has 11 amide bonds. The quantitative estimate of drug-likeness (QED) is 0.0102. The van der Waals surface area contributed by atoms with Crippen LogP contribution in [0.3, 0.4) is 0 Å². The van der Waals surface area contributed by atoms with Gasteiger partial charge in [-0.05, 0) is 118 Å². The molecule has 2 aliphatic heterocycles. The van der Waals surface area contributed by atoms with E-state index in [1.54, 1.807) is 6.26 Å². The first-order valence-electron chi connectivity index (χ1n) is 38.4. The van der Waals surface area contributed by atoms with Crippen LogP contribution in [0.2, 0.25) is 0 Å². The minimum atomic E-state index is -1.78. The van der Waals surface area contributed by atoms with Crippen LogP contribution in [0.4, 0.5) is 21.9 Å². The molecule has 5 rings (SSSR count). The Hall–Kier alpha value is -9.03. The summed E-state index contributed by atoms with van der Waals surface area (Å²) in [7, 11) is 0. The molecule has 1 unspecified atom stereocenters. The molecule has 38 nitrogen and oxygen atoms in total. The van der Waals surface area contributed by atoms with Crippen LogP contribution in [0, 0.1) is 32.3 Å². The van der Waals surface area contributed by atoms with Gasteiger partial charge in [-0.1, -0.05) is 57.5 Å². The van der Waals surface area contributed by atoms with Crippen LogP contribution < -0.4 is 86.3 Å². The van der Waals surface area contributed by atoms with E-state index in [1.807, 2.05) is 62.9 Å². The SMILES string of the molecule is CCC1C=C(C[C@H](NC(=O)[C@H](CCCNC(=N)N)NC(=O)[C@@H](N)CCNc2cc([N+](=O)[O-])cc([N+](=O)O)c2)C(=O)N[C@H](C(=O)N[C@@H](CCN)C(=O)N[C@@H](CCSC)C(=O)N[C@@H](CC(C)C)C(=O)NCCOCCOCCOCCOCCC(=O)NCCNC(=O)CCCC[C@@H]2SC[C@@H]3NC(=O)N[C@@H]32)[C@@H](C)O)c2ccccc2C1. The number of nitrogens with two attached hydrogens (primary N) is 3. The van der Waals surface area contributed by atoms with Crippen LogP contribution in [0.15, 0.2) is 48.5 Å². The number of nitrogens with one attached hydrogen (secondary N) is 14. The average Bonchev–Trinajstić information content (AvgIpc) is 1.76. The van der Waals surface area contributed by atoms with E-state index in [1.165, 1.54) is 18.7 Å². The maximum absolute atomic E-state index is 14.9. The summed E-state index contributed by atoms with van der Waals surface area (Å²) >= 11 is 3.24. The van der Waals surface area contributed by atoms with Crippen LogP contribution >= 0.6 is 23.5 Å². The number of anilines is 1. The number of urea groups is 1. The fourth-order valence-corrected chi connectivity index (χ4v) is 14.6. The molecule has 1 aliphatic carbocycles. The summed E-state index contributed by atoms with van der Waals surface area (Å²) in [5.74, 6) is -5.10. The number of aliphatic hydroxyl groups excluding tert-OH is 1. The number of hydrogen-bond acceptors (Lipinski definition) is 24. The van der Waals surface area contributed by atoms with Gasteiger partial charge < -0.3 is 110 Å². The molecule has 3 aliphatic rings. The molecule has 40 heteroatoms. The lowest BCUT2D eigenvalue weighted by molar-refractivity contribution is -0.729. The summed E-state index contributed by atoms with van der Waals surface area (Å²) in [6.07, 6.45) is 6.61. The average molecular weight is 1630 g/mol. The van der Waals surface area contributed by atoms with Crippen molar-refractivity contribution in [2.45, 2.75) is 183 Å². The molecule has 22 N–H and O–H groups in total. The van der Waals surface area contributed by atoms with Gasteiger partial charge in [0.2, 0.25) is 53.2 Å². The molecule has 2 aromatic rings. The minimum absolute atomic E-state index is 0.0280. The Morgan fingerprint density at radius 3 is 1.89 bits per heavy atom. The van der Waals surface area contributed by atoms with Gasteiger partial charge in [0.05, 0.1) is 93.0 Å². The highest BCUT2D eigenvalue weighted by atomic mass is 32.2. The Morgan fingerprint density at radius 1 is 0.673 bits per heavy atom. The number of fused-ring (bicyclic) bond motifs is 2. The Bertz CT molecular complexity index is 3460. The van der Waals surface area contributed by atoms with Crippen LogP contribution in [-0.4, -0.2) is 261 Å². The normalized spacial score (nSPS) is 17.6. The van der Waals surface area contributed by atoms with Crippen molar-refractivity contribution < 1.29 is 87.1 Å². The third-order valence-corrected chi connectivity index (χ3v) is 20.8. The second-order valence-corrected chi connectivity index (χ2v) is 30.3. The van der Waals surface area contributed by atoms with E-state index in [2.05, 4.69) is 69.1 Å². The first-order valence-corrected chi connectivity index (χ1v) is 40.9. The Balaban J connectivity index is 1.09. The van der Waals surface area contributed by atoms with E-state index in [9.17, 15) is 73.3 Å². The summed E-state index contributed by atoms with van der Waals surface area (Å²) in [6.45, 7) is 9.42. The molecule has 113 heavy (non-hydrogen) atoms. The smallest absolute Gasteiger partial charge is 0.325 e. The van der Waals surface area contributed by atoms with Gasteiger partial charge in [-0.2, -0.15) is 23.5 Å². The summed E-state index contributed by atoms with van der Waals surface area (Å²) in [6, 6.07) is 1.14. The van der Waals surface area contributed by atoms with Crippen molar-refractivity contribution >= 4 is 111 Å². The Labute approximate surface area is 666 Å². The number of carbonyl (C=O) groups is 10. The number of amides is 11. The topological polar surface area (TPSA) is 570 Å². The van der Waals surface area contributed by atoms with E-state index >= 15 is 0 Å². The molecule has 2 aromatic carbocycles. The number of non-ortho nitro benzene ring substituents is 1. The number of rotatable bonds is 57. The second kappa shape index (κ2) is 51.7. The highest BCUT2D eigenvalue weighted by Crippen LogP contribution is 2.35. The number of aliphatic hydroxyl groups is 1. The molecular weight excluding hydrogens is 1510 g/mol. The standard InChI is InChI=1S/C73H117N19O19S2/c1-6-46-37-47-12-7-8-13-52(47)48(38-46)39-58(87-67(98)54(14-11-22-82-72(76)77)83-65(96)53(75)18-23-78-49-40-50(91(104)105)42-51(41-49)92(106)107)70(101)89-63(45(4)93)71(102)85-55(17-21-74)68(99)84-56(20-35-112-5)69(100)86-57(36-44(2)3)66(97)81-26-28-109-30-32-111-34-33-110-31-29-108-27-19-62(95)80-25-24-79-61(94)16-10-9-15-60-64-59(43-113-60)88-73(103)90-64/h7-8,12-13,38,40-42,44-46,53-60,63-64,78,93H,6,9-11,14-37,39,43,74-75H2,1-5H3,(H15-,76,77,79,80,81,82,83,84,85,86,87,88,89,90,94,95,96,97,98,99,100,101,102,103,104,105)/p+1/t45-,46?,53+,54+,55+,56+,57+,58+,59+,60+,63+,64+/m1/s1. The van der Waals surface area contributed by atoms with Crippen molar-refractivity contribution in [1.29, 1.82) is 5.41 Å². The largest absolute Gasteiger partial charge is 0.391 e. The number of unbranched alkanes of at least 4 members (excludes halogenated alkanes) is 1. The van der Waals surface area contributed by atoms with E-state index < -0.39 is 111 Å². The number of ether oxygens (including phenoxy) is 4. The molecule has 0 spiro atoms. The minimum Gasteiger partial charge on any atom is -0.391 e. The van der Waals surface area contributed by atoms with Gasteiger partial charge in [0.1, 0.15) is 36.3 Å². The summed E-state index contributed by atoms with van der Waals surface area (Å²) < 4.78 is 22.3. The number of benzene rings is 2. The van der Waals surface area contributed by atoms with E-state index in [4.69, 9.17) is 41.6 Å². The van der Waals surface area contributed by atoms with Gasteiger partial charge in [-0.3, -0.25) is 58.7 Å². The molecule has 12 atom stereocenters. The van der Waals surface area contributed by atoms with E-state index in [-0.39, 0.29) is 184 Å². The van der Waals surface area contributed by atoms with Gasteiger partial charge in [-0.25, -0.2) is 10.0 Å². The van der Waals surface area contributed by atoms with Crippen LogP contribution in [0.1, 0.15) is 122 Å². The molecule has 0 aromatic heterocycles. The van der Waals surface area contributed by atoms with Gasteiger partial charge in [0.15, 0.2) is 5.96 Å². The highest BCUT2D eigenvalue weighted by Gasteiger charge is 2.43. The van der Waals surface area contributed by atoms with Crippen molar-refractivity contribution in [3.8, 4) is 0 Å². The highest BCUT2D eigenvalue weighted by molar-refractivity contribution is 8.00. The molecule has 2 heterocycles. The van der Waals surface area contributed by atoms with Crippen molar-refractivity contribution in [3.05, 3.63) is 74.7 Å². The van der Waals surface area contributed by atoms with Gasteiger partial charge >= 0.3 is 11.7 Å². The number of allylic oxidation sites excluding steroid dienone is 1.